The summed E-state index contributed by atoms with van der Waals surface area (Å²) in [6.07, 6.45) is 7.34. The summed E-state index contributed by atoms with van der Waals surface area (Å²) in [4.78, 5) is 4.33. The largest absolute Gasteiger partial charge is 0.382 e. The van der Waals surface area contributed by atoms with E-state index in [1.165, 1.54) is 25.7 Å². The van der Waals surface area contributed by atoms with Crippen LogP contribution >= 0.6 is 0 Å². The van der Waals surface area contributed by atoms with Gasteiger partial charge in [0.1, 0.15) is 0 Å². The molecule has 0 amide bonds. The van der Waals surface area contributed by atoms with E-state index in [2.05, 4.69) is 22.5 Å². The van der Waals surface area contributed by atoms with Crippen LogP contribution in [0, 0.1) is 5.41 Å². The zero-order valence-electron chi connectivity index (χ0n) is 15.9. The molecule has 0 atom stereocenters. The molecule has 0 heterocycles. The van der Waals surface area contributed by atoms with Gasteiger partial charge in [-0.15, -0.1) is 0 Å². The Morgan fingerprint density at radius 3 is 2.50 bits per heavy atom. The Morgan fingerprint density at radius 2 is 1.83 bits per heavy atom. The van der Waals surface area contributed by atoms with E-state index < -0.39 is 0 Å². The predicted octanol–water partition coefficient (Wildman–Crippen LogP) is 2.19. The van der Waals surface area contributed by atoms with Gasteiger partial charge in [0, 0.05) is 47.1 Å². The third-order valence-corrected chi connectivity index (χ3v) is 4.69. The molecule has 0 aromatic rings. The molecule has 6 nitrogen and oxygen atoms in total. The molecule has 0 spiro atoms. The highest BCUT2D eigenvalue weighted by Crippen LogP contribution is 2.40. The number of nitrogens with one attached hydrogen (secondary N) is 2. The van der Waals surface area contributed by atoms with E-state index in [4.69, 9.17) is 14.2 Å². The Hall–Kier alpha value is -0.850. The van der Waals surface area contributed by atoms with Crippen LogP contribution in [0.1, 0.15) is 45.4 Å². The lowest BCUT2D eigenvalue weighted by atomic mass is 9.83. The summed E-state index contributed by atoms with van der Waals surface area (Å²) in [5.74, 6) is 0.884. The smallest absolute Gasteiger partial charge is 0.190 e. The Balaban J connectivity index is 2.21. The van der Waals surface area contributed by atoms with Gasteiger partial charge >= 0.3 is 0 Å². The van der Waals surface area contributed by atoms with Crippen molar-refractivity contribution < 1.29 is 14.2 Å². The molecule has 0 bridgehead atoms. The number of ether oxygens (including phenoxy) is 3. The van der Waals surface area contributed by atoms with Crippen molar-refractivity contribution in [2.24, 2.45) is 10.4 Å². The molecule has 1 saturated carbocycles. The molecule has 24 heavy (non-hydrogen) atoms. The van der Waals surface area contributed by atoms with E-state index in [0.29, 0.717) is 18.6 Å². The maximum absolute atomic E-state index is 5.58. The highest BCUT2D eigenvalue weighted by atomic mass is 16.5. The Bertz CT molecular complexity index is 331. The fourth-order valence-electron chi connectivity index (χ4n) is 3.19. The lowest BCUT2D eigenvalue weighted by molar-refractivity contribution is 0.0698. The zero-order valence-corrected chi connectivity index (χ0v) is 15.9. The van der Waals surface area contributed by atoms with Crippen LogP contribution in [0.25, 0.3) is 0 Å². The number of nitrogens with zero attached hydrogens (tertiary/aromatic N) is 1. The highest BCUT2D eigenvalue weighted by Gasteiger charge is 2.33. The monoisotopic (exact) mass is 343 g/mol. The van der Waals surface area contributed by atoms with Crippen LogP contribution in [0.3, 0.4) is 0 Å². The first-order valence-electron chi connectivity index (χ1n) is 9.35. The molecule has 142 valence electrons. The molecule has 2 N–H and O–H groups in total. The highest BCUT2D eigenvalue weighted by molar-refractivity contribution is 5.79. The second-order valence-corrected chi connectivity index (χ2v) is 6.47. The number of methoxy groups -OCH3 is 1. The number of rotatable bonds is 13. The second kappa shape index (κ2) is 13.4. The summed E-state index contributed by atoms with van der Waals surface area (Å²) in [5.41, 5.74) is 0.371. The van der Waals surface area contributed by atoms with Crippen molar-refractivity contribution in [3.8, 4) is 0 Å². The summed E-state index contributed by atoms with van der Waals surface area (Å²) < 4.78 is 16.0. The first kappa shape index (κ1) is 21.2. The van der Waals surface area contributed by atoms with Crippen LogP contribution in [0.15, 0.2) is 4.99 Å². The van der Waals surface area contributed by atoms with Gasteiger partial charge in [0.2, 0.25) is 0 Å². The van der Waals surface area contributed by atoms with Gasteiger partial charge < -0.3 is 24.8 Å². The van der Waals surface area contributed by atoms with Gasteiger partial charge in [-0.05, 0) is 38.0 Å². The molecule has 0 aliphatic heterocycles. The van der Waals surface area contributed by atoms with E-state index in [-0.39, 0.29) is 0 Å². The van der Waals surface area contributed by atoms with Crippen molar-refractivity contribution in [3.63, 3.8) is 0 Å². The van der Waals surface area contributed by atoms with Crippen molar-refractivity contribution in [2.45, 2.75) is 45.4 Å². The fourth-order valence-corrected chi connectivity index (χ4v) is 3.19. The molecule has 0 aromatic carbocycles. The SMILES string of the molecule is CCOCCC1(CNC(=NC)NCCCOCCOC)CCCC1. The van der Waals surface area contributed by atoms with Crippen LogP contribution in [0.5, 0.6) is 0 Å². The van der Waals surface area contributed by atoms with Crippen molar-refractivity contribution in [1.29, 1.82) is 0 Å². The van der Waals surface area contributed by atoms with Gasteiger partial charge in [-0.3, -0.25) is 4.99 Å². The van der Waals surface area contributed by atoms with Crippen LogP contribution in [0.4, 0.5) is 0 Å². The maximum atomic E-state index is 5.58. The summed E-state index contributed by atoms with van der Waals surface area (Å²) in [6, 6.07) is 0. The number of hydrogen-bond acceptors (Lipinski definition) is 4. The topological polar surface area (TPSA) is 64.1 Å². The molecule has 1 aliphatic carbocycles. The number of hydrogen-bond donors (Lipinski definition) is 2. The van der Waals surface area contributed by atoms with E-state index in [1.807, 2.05) is 7.05 Å². The molecule has 6 heteroatoms. The third-order valence-electron chi connectivity index (χ3n) is 4.69. The summed E-state index contributed by atoms with van der Waals surface area (Å²) >= 11 is 0. The van der Waals surface area contributed by atoms with Gasteiger partial charge in [0.15, 0.2) is 5.96 Å². The van der Waals surface area contributed by atoms with E-state index in [1.54, 1.807) is 7.11 Å². The van der Waals surface area contributed by atoms with Crippen molar-refractivity contribution in [2.75, 3.05) is 60.3 Å². The number of aliphatic imine (C=N–C) groups is 1. The fraction of sp³-hybridized carbons (Fsp3) is 0.944. The van der Waals surface area contributed by atoms with Crippen LogP contribution < -0.4 is 10.6 Å². The summed E-state index contributed by atoms with van der Waals surface area (Å²) in [6.45, 7) is 7.62. The maximum Gasteiger partial charge on any atom is 0.190 e. The van der Waals surface area contributed by atoms with Crippen LogP contribution in [-0.2, 0) is 14.2 Å². The van der Waals surface area contributed by atoms with Gasteiger partial charge in [0.25, 0.3) is 0 Å². The molecule has 0 aromatic heterocycles. The summed E-state index contributed by atoms with van der Waals surface area (Å²) in [7, 11) is 3.51. The summed E-state index contributed by atoms with van der Waals surface area (Å²) in [5, 5.41) is 6.88. The Labute approximate surface area is 147 Å². The van der Waals surface area contributed by atoms with Gasteiger partial charge in [-0.2, -0.15) is 0 Å². The predicted molar refractivity (Wildman–Crippen MR) is 98.7 cm³/mol. The van der Waals surface area contributed by atoms with Gasteiger partial charge in [-0.1, -0.05) is 12.8 Å². The average Bonchev–Trinajstić information content (AvgIpc) is 3.06. The molecular weight excluding hydrogens is 306 g/mol. The third kappa shape index (κ3) is 8.85. The minimum Gasteiger partial charge on any atom is -0.382 e. The van der Waals surface area contributed by atoms with Crippen molar-refractivity contribution >= 4 is 5.96 Å². The molecule has 0 radical (unpaired) electrons. The van der Waals surface area contributed by atoms with Crippen molar-refractivity contribution in [1.82, 2.24) is 10.6 Å². The zero-order chi connectivity index (χ0) is 17.5. The molecular formula is C18H37N3O3. The first-order valence-corrected chi connectivity index (χ1v) is 9.35. The first-order chi connectivity index (χ1) is 11.8. The lowest BCUT2D eigenvalue weighted by Gasteiger charge is -2.30. The molecule has 1 rings (SSSR count). The van der Waals surface area contributed by atoms with Gasteiger partial charge in [0.05, 0.1) is 13.2 Å². The second-order valence-electron chi connectivity index (χ2n) is 6.47. The van der Waals surface area contributed by atoms with E-state index in [0.717, 1.165) is 51.7 Å². The Morgan fingerprint density at radius 1 is 1.04 bits per heavy atom. The minimum atomic E-state index is 0.371. The lowest BCUT2D eigenvalue weighted by Crippen LogP contribution is -2.43. The van der Waals surface area contributed by atoms with Crippen LogP contribution in [0.2, 0.25) is 0 Å². The van der Waals surface area contributed by atoms with Gasteiger partial charge in [-0.25, -0.2) is 0 Å². The number of guanidine groups is 1. The Kier molecular flexibility index (Phi) is 11.9. The van der Waals surface area contributed by atoms with Crippen molar-refractivity contribution in [3.05, 3.63) is 0 Å². The normalized spacial score (nSPS) is 17.2. The molecule has 0 saturated heterocycles. The molecule has 1 aliphatic rings. The quantitative estimate of drug-likeness (QED) is 0.305. The minimum absolute atomic E-state index is 0.371. The van der Waals surface area contributed by atoms with E-state index in [9.17, 15) is 0 Å². The van der Waals surface area contributed by atoms with E-state index >= 15 is 0 Å². The molecule has 1 fully saturated rings. The molecule has 0 unspecified atom stereocenters. The average molecular weight is 344 g/mol. The standard InChI is InChI=1S/C18H37N3O3/c1-4-23-13-10-18(8-5-6-9-18)16-21-17(19-2)20-11-7-12-24-15-14-22-3/h4-16H2,1-3H3,(H2,19,20,21). The van der Waals surface area contributed by atoms with Crippen LogP contribution in [-0.4, -0.2) is 66.2 Å².